The smallest absolute Gasteiger partial charge is 0.0709 e. The van der Waals surface area contributed by atoms with E-state index in [2.05, 4.69) is 18.7 Å². The van der Waals surface area contributed by atoms with E-state index in [1.807, 2.05) is 6.92 Å². The molecular formula is C11H24N2O. The van der Waals surface area contributed by atoms with Crippen molar-refractivity contribution in [2.75, 3.05) is 19.6 Å². The Morgan fingerprint density at radius 1 is 1.29 bits per heavy atom. The molecule has 0 aromatic carbocycles. The molecule has 1 atom stereocenters. The van der Waals surface area contributed by atoms with Crippen LogP contribution in [0.2, 0.25) is 0 Å². The zero-order valence-corrected chi connectivity index (χ0v) is 9.66. The van der Waals surface area contributed by atoms with Gasteiger partial charge in [0.25, 0.3) is 0 Å². The van der Waals surface area contributed by atoms with Crippen molar-refractivity contribution >= 4 is 0 Å². The van der Waals surface area contributed by atoms with Gasteiger partial charge in [0.1, 0.15) is 0 Å². The van der Waals surface area contributed by atoms with Crippen LogP contribution in [0.5, 0.6) is 0 Å². The molecular weight excluding hydrogens is 176 g/mol. The highest BCUT2D eigenvalue weighted by atomic mass is 16.3. The van der Waals surface area contributed by atoms with Gasteiger partial charge >= 0.3 is 0 Å². The van der Waals surface area contributed by atoms with Gasteiger partial charge in [0.15, 0.2) is 0 Å². The van der Waals surface area contributed by atoms with Gasteiger partial charge in [-0.3, -0.25) is 0 Å². The molecule has 0 aromatic heterocycles. The Kier molecular flexibility index (Phi) is 3.93. The first-order valence-corrected chi connectivity index (χ1v) is 5.66. The van der Waals surface area contributed by atoms with E-state index in [0.717, 1.165) is 25.9 Å². The predicted molar refractivity (Wildman–Crippen MR) is 59.1 cm³/mol. The molecule has 14 heavy (non-hydrogen) atoms. The van der Waals surface area contributed by atoms with Gasteiger partial charge < -0.3 is 15.7 Å². The fourth-order valence-corrected chi connectivity index (χ4v) is 2.14. The maximum Gasteiger partial charge on any atom is 0.0709 e. The number of hydrogen-bond donors (Lipinski definition) is 2. The van der Waals surface area contributed by atoms with E-state index in [1.54, 1.807) is 0 Å². The van der Waals surface area contributed by atoms with E-state index in [-0.39, 0.29) is 5.92 Å². The number of aliphatic hydroxyl groups is 1. The standard InChI is InChI=1S/C11H24N2O/c1-9(2)13-6-4-11(14,5-7-13)10(3)8-12/h9-10,14H,4-8,12H2,1-3H3. The zero-order chi connectivity index (χ0) is 10.8. The number of rotatable bonds is 3. The molecule has 0 aromatic rings. The van der Waals surface area contributed by atoms with E-state index in [1.165, 1.54) is 0 Å². The monoisotopic (exact) mass is 200 g/mol. The summed E-state index contributed by atoms with van der Waals surface area (Å²) in [6.07, 6.45) is 1.73. The molecule has 3 heteroatoms. The summed E-state index contributed by atoms with van der Waals surface area (Å²) in [5.41, 5.74) is 5.10. The molecule has 84 valence electrons. The average Bonchev–Trinajstić information content (AvgIpc) is 2.17. The normalized spacial score (nSPS) is 25.3. The molecule has 3 N–H and O–H groups in total. The first kappa shape index (κ1) is 12.0. The molecule has 1 aliphatic heterocycles. The number of piperidine rings is 1. The first-order chi connectivity index (χ1) is 6.49. The van der Waals surface area contributed by atoms with Crippen LogP contribution < -0.4 is 5.73 Å². The molecule has 0 radical (unpaired) electrons. The average molecular weight is 200 g/mol. The SMILES string of the molecule is CC(C)N1CCC(O)(C(C)CN)CC1. The van der Waals surface area contributed by atoms with Crippen LogP contribution in [-0.2, 0) is 0 Å². The van der Waals surface area contributed by atoms with Crippen LogP contribution >= 0.6 is 0 Å². The topological polar surface area (TPSA) is 49.5 Å². The van der Waals surface area contributed by atoms with Crippen LogP contribution in [-0.4, -0.2) is 41.3 Å². The predicted octanol–water partition coefficient (Wildman–Crippen LogP) is 0.816. The number of likely N-dealkylation sites (tertiary alicyclic amines) is 1. The quantitative estimate of drug-likeness (QED) is 0.709. The Morgan fingerprint density at radius 3 is 2.14 bits per heavy atom. The molecule has 0 aliphatic carbocycles. The van der Waals surface area contributed by atoms with Crippen LogP contribution in [0.3, 0.4) is 0 Å². The highest BCUT2D eigenvalue weighted by molar-refractivity contribution is 4.90. The van der Waals surface area contributed by atoms with Crippen molar-refractivity contribution in [3.8, 4) is 0 Å². The first-order valence-electron chi connectivity index (χ1n) is 5.66. The minimum absolute atomic E-state index is 0.219. The summed E-state index contributed by atoms with van der Waals surface area (Å²) in [5, 5.41) is 10.3. The van der Waals surface area contributed by atoms with Crippen LogP contribution in [0.4, 0.5) is 0 Å². The third-order valence-corrected chi connectivity index (χ3v) is 3.67. The second kappa shape index (κ2) is 4.60. The van der Waals surface area contributed by atoms with Gasteiger partial charge in [-0.1, -0.05) is 6.92 Å². The van der Waals surface area contributed by atoms with Gasteiger partial charge in [0.05, 0.1) is 5.60 Å². The van der Waals surface area contributed by atoms with Gasteiger partial charge in [0, 0.05) is 19.1 Å². The number of nitrogens with zero attached hydrogens (tertiary/aromatic N) is 1. The Balaban J connectivity index is 2.48. The lowest BCUT2D eigenvalue weighted by Crippen LogP contribution is -2.51. The van der Waals surface area contributed by atoms with Crippen molar-refractivity contribution in [3.63, 3.8) is 0 Å². The van der Waals surface area contributed by atoms with Crippen molar-refractivity contribution in [1.29, 1.82) is 0 Å². The van der Waals surface area contributed by atoms with Crippen LogP contribution in [0.15, 0.2) is 0 Å². The summed E-state index contributed by atoms with van der Waals surface area (Å²) in [6.45, 7) is 9.04. The largest absolute Gasteiger partial charge is 0.389 e. The molecule has 0 amide bonds. The molecule has 1 fully saturated rings. The molecule has 1 unspecified atom stereocenters. The highest BCUT2D eigenvalue weighted by Crippen LogP contribution is 2.29. The van der Waals surface area contributed by atoms with E-state index in [0.29, 0.717) is 12.6 Å². The van der Waals surface area contributed by atoms with Crippen molar-refractivity contribution in [3.05, 3.63) is 0 Å². The third-order valence-electron chi connectivity index (χ3n) is 3.67. The fraction of sp³-hybridized carbons (Fsp3) is 1.00. The van der Waals surface area contributed by atoms with Crippen molar-refractivity contribution in [1.82, 2.24) is 4.90 Å². The Morgan fingerprint density at radius 2 is 1.79 bits per heavy atom. The summed E-state index contributed by atoms with van der Waals surface area (Å²) in [7, 11) is 0. The van der Waals surface area contributed by atoms with Crippen LogP contribution in [0, 0.1) is 5.92 Å². The van der Waals surface area contributed by atoms with E-state index < -0.39 is 5.60 Å². The van der Waals surface area contributed by atoms with Crippen molar-refractivity contribution in [2.45, 2.75) is 45.3 Å². The highest BCUT2D eigenvalue weighted by Gasteiger charge is 2.36. The van der Waals surface area contributed by atoms with Crippen molar-refractivity contribution in [2.24, 2.45) is 11.7 Å². The summed E-state index contributed by atoms with van der Waals surface area (Å²) in [4.78, 5) is 2.41. The van der Waals surface area contributed by atoms with E-state index in [9.17, 15) is 5.11 Å². The molecule has 1 aliphatic rings. The molecule has 0 bridgehead atoms. The fourth-order valence-electron chi connectivity index (χ4n) is 2.14. The summed E-state index contributed by atoms with van der Waals surface area (Å²) in [6, 6.07) is 0.590. The number of nitrogens with two attached hydrogens (primary N) is 1. The molecule has 0 spiro atoms. The van der Waals surface area contributed by atoms with E-state index >= 15 is 0 Å². The Bertz CT molecular complexity index is 174. The molecule has 1 saturated heterocycles. The summed E-state index contributed by atoms with van der Waals surface area (Å²) in [5.74, 6) is 0.219. The van der Waals surface area contributed by atoms with Gasteiger partial charge in [-0.25, -0.2) is 0 Å². The lowest BCUT2D eigenvalue weighted by molar-refractivity contribution is -0.0637. The second-order valence-corrected chi connectivity index (χ2v) is 4.87. The van der Waals surface area contributed by atoms with Crippen LogP contribution in [0.25, 0.3) is 0 Å². The molecule has 3 nitrogen and oxygen atoms in total. The third kappa shape index (κ3) is 2.47. The molecule has 1 rings (SSSR count). The summed E-state index contributed by atoms with van der Waals surface area (Å²) < 4.78 is 0. The van der Waals surface area contributed by atoms with Gasteiger partial charge in [-0.2, -0.15) is 0 Å². The lowest BCUT2D eigenvalue weighted by Gasteiger charge is -2.43. The van der Waals surface area contributed by atoms with Gasteiger partial charge in [-0.05, 0) is 39.2 Å². The van der Waals surface area contributed by atoms with Gasteiger partial charge in [0.2, 0.25) is 0 Å². The Hall–Kier alpha value is -0.120. The maximum absolute atomic E-state index is 10.3. The number of hydrogen-bond acceptors (Lipinski definition) is 3. The molecule has 0 saturated carbocycles. The minimum atomic E-state index is -0.514. The van der Waals surface area contributed by atoms with E-state index in [4.69, 9.17) is 5.73 Å². The second-order valence-electron chi connectivity index (χ2n) is 4.87. The molecule has 1 heterocycles. The summed E-state index contributed by atoms with van der Waals surface area (Å²) >= 11 is 0. The lowest BCUT2D eigenvalue weighted by atomic mass is 9.80. The minimum Gasteiger partial charge on any atom is -0.389 e. The van der Waals surface area contributed by atoms with Gasteiger partial charge in [-0.15, -0.1) is 0 Å². The Labute approximate surface area is 87.3 Å². The van der Waals surface area contributed by atoms with Crippen molar-refractivity contribution < 1.29 is 5.11 Å². The van der Waals surface area contributed by atoms with Crippen LogP contribution in [0.1, 0.15) is 33.6 Å². The zero-order valence-electron chi connectivity index (χ0n) is 9.66. The maximum atomic E-state index is 10.3.